The molecular weight excluding hydrogens is 206 g/mol. The minimum absolute atomic E-state index is 0.274. The van der Waals surface area contributed by atoms with E-state index < -0.39 is 0 Å². The summed E-state index contributed by atoms with van der Waals surface area (Å²) in [5.41, 5.74) is 0. The first kappa shape index (κ1) is 9.40. The second-order valence-corrected chi connectivity index (χ2v) is 5.75. The van der Waals surface area contributed by atoms with Crippen LogP contribution in [0.3, 0.4) is 0 Å². The maximum Gasteiger partial charge on any atom is 0.223 e. The molecule has 1 heterocycles. The van der Waals surface area contributed by atoms with Crippen LogP contribution in [0.5, 0.6) is 0 Å². The lowest BCUT2D eigenvalue weighted by atomic mass is 10.0. The first-order chi connectivity index (χ1) is 7.33. The molecule has 0 aliphatic heterocycles. The molecule has 0 radical (unpaired) electrons. The maximum atomic E-state index is 11.8. The van der Waals surface area contributed by atoms with Crippen molar-refractivity contribution in [2.24, 2.45) is 17.8 Å². The number of carbonyl (C=O) groups excluding carboxylic acids is 1. The highest BCUT2D eigenvalue weighted by Gasteiger charge is 2.47. The Balaban J connectivity index is 1.49. The van der Waals surface area contributed by atoms with E-state index in [0.29, 0.717) is 12.5 Å². The summed E-state index contributed by atoms with van der Waals surface area (Å²) < 4.78 is 0. The van der Waals surface area contributed by atoms with Gasteiger partial charge in [0.25, 0.3) is 0 Å². The Morgan fingerprint density at radius 1 is 1.40 bits per heavy atom. The summed E-state index contributed by atoms with van der Waals surface area (Å²) in [5.74, 6) is 2.37. The molecule has 0 saturated heterocycles. The summed E-state index contributed by atoms with van der Waals surface area (Å²) in [6, 6.07) is 4.09. The third kappa shape index (κ3) is 1.93. The molecule has 2 nitrogen and oxygen atoms in total. The van der Waals surface area contributed by atoms with E-state index in [0.717, 1.165) is 24.7 Å². The zero-order valence-electron chi connectivity index (χ0n) is 8.61. The quantitative estimate of drug-likeness (QED) is 0.834. The number of fused-ring (bicyclic) bond motifs is 1. The molecule has 1 aromatic rings. The molecule has 0 spiro atoms. The van der Waals surface area contributed by atoms with Gasteiger partial charge in [0.05, 0.1) is 6.54 Å². The lowest BCUT2D eigenvalue weighted by Crippen LogP contribution is -2.29. The van der Waals surface area contributed by atoms with Crippen LogP contribution in [0.2, 0.25) is 0 Å². The van der Waals surface area contributed by atoms with Crippen molar-refractivity contribution in [2.45, 2.75) is 25.8 Å². The second-order valence-electron chi connectivity index (χ2n) is 4.72. The molecule has 3 heteroatoms. The fourth-order valence-corrected chi connectivity index (χ4v) is 3.31. The molecule has 0 aromatic carbocycles. The predicted octanol–water partition coefficient (Wildman–Crippen LogP) is 2.41. The number of hydrogen-bond acceptors (Lipinski definition) is 2. The molecule has 2 unspecified atom stereocenters. The smallest absolute Gasteiger partial charge is 0.223 e. The molecule has 0 bridgehead atoms. The van der Waals surface area contributed by atoms with E-state index in [1.165, 1.54) is 11.3 Å². The average molecular weight is 221 g/mol. The van der Waals surface area contributed by atoms with Gasteiger partial charge in [0.2, 0.25) is 5.91 Å². The van der Waals surface area contributed by atoms with Crippen LogP contribution in [-0.2, 0) is 11.3 Å². The van der Waals surface area contributed by atoms with E-state index in [-0.39, 0.29) is 5.91 Å². The molecule has 15 heavy (non-hydrogen) atoms. The lowest BCUT2D eigenvalue weighted by molar-refractivity contribution is -0.125. The lowest BCUT2D eigenvalue weighted by Gasteiger charge is -2.11. The first-order valence-electron chi connectivity index (χ1n) is 5.63. The third-order valence-corrected chi connectivity index (χ3v) is 4.51. The van der Waals surface area contributed by atoms with Gasteiger partial charge in [-0.05, 0) is 42.5 Å². The minimum atomic E-state index is 0.274. The van der Waals surface area contributed by atoms with Crippen molar-refractivity contribution in [3.8, 4) is 0 Å². The molecule has 2 aliphatic carbocycles. The summed E-state index contributed by atoms with van der Waals surface area (Å²) >= 11 is 1.70. The summed E-state index contributed by atoms with van der Waals surface area (Å²) in [7, 11) is 0. The minimum Gasteiger partial charge on any atom is -0.351 e. The Morgan fingerprint density at radius 3 is 2.87 bits per heavy atom. The fourth-order valence-electron chi connectivity index (χ4n) is 2.66. The van der Waals surface area contributed by atoms with Gasteiger partial charge in [0.15, 0.2) is 0 Å². The van der Waals surface area contributed by atoms with Gasteiger partial charge in [-0.15, -0.1) is 11.3 Å². The van der Waals surface area contributed by atoms with Crippen LogP contribution in [0.4, 0.5) is 0 Å². The average Bonchev–Trinajstić information content (AvgIpc) is 2.75. The van der Waals surface area contributed by atoms with Crippen molar-refractivity contribution < 1.29 is 4.79 Å². The van der Waals surface area contributed by atoms with Gasteiger partial charge in [-0.2, -0.15) is 0 Å². The van der Waals surface area contributed by atoms with E-state index in [1.807, 2.05) is 11.4 Å². The standard InChI is InChI=1S/C12H15NOS/c14-12(10-5-8-4-9(8)6-10)13-7-11-2-1-3-15-11/h1-3,8-10H,4-7H2,(H,13,14). The second kappa shape index (κ2) is 3.63. The van der Waals surface area contributed by atoms with Crippen LogP contribution in [0.1, 0.15) is 24.1 Å². The van der Waals surface area contributed by atoms with E-state index in [9.17, 15) is 4.79 Å². The molecular formula is C12H15NOS. The SMILES string of the molecule is O=C(NCc1cccs1)C1CC2CC2C1. The number of thiophene rings is 1. The van der Waals surface area contributed by atoms with Gasteiger partial charge in [0, 0.05) is 10.8 Å². The Labute approximate surface area is 93.7 Å². The van der Waals surface area contributed by atoms with Crippen LogP contribution < -0.4 is 5.32 Å². The zero-order chi connectivity index (χ0) is 10.3. The summed E-state index contributed by atoms with van der Waals surface area (Å²) in [5, 5.41) is 5.09. The Kier molecular flexibility index (Phi) is 2.28. The highest BCUT2D eigenvalue weighted by molar-refractivity contribution is 7.09. The highest BCUT2D eigenvalue weighted by atomic mass is 32.1. The molecule has 2 aliphatic rings. The fraction of sp³-hybridized carbons (Fsp3) is 0.583. The van der Waals surface area contributed by atoms with Crippen LogP contribution in [-0.4, -0.2) is 5.91 Å². The van der Waals surface area contributed by atoms with Gasteiger partial charge < -0.3 is 5.32 Å². The van der Waals surface area contributed by atoms with Gasteiger partial charge in [-0.3, -0.25) is 4.79 Å². The zero-order valence-corrected chi connectivity index (χ0v) is 9.43. The van der Waals surface area contributed by atoms with E-state index in [2.05, 4.69) is 11.4 Å². The topological polar surface area (TPSA) is 29.1 Å². The number of hydrogen-bond donors (Lipinski definition) is 1. The number of nitrogens with one attached hydrogen (secondary N) is 1. The Hall–Kier alpha value is -0.830. The van der Waals surface area contributed by atoms with Crippen molar-refractivity contribution in [2.75, 3.05) is 0 Å². The number of rotatable bonds is 3. The largest absolute Gasteiger partial charge is 0.351 e. The Morgan fingerprint density at radius 2 is 2.20 bits per heavy atom. The van der Waals surface area contributed by atoms with Crippen molar-refractivity contribution in [1.29, 1.82) is 0 Å². The maximum absolute atomic E-state index is 11.8. The summed E-state index contributed by atoms with van der Waals surface area (Å²) in [6.07, 6.45) is 3.66. The van der Waals surface area contributed by atoms with Gasteiger partial charge >= 0.3 is 0 Å². The van der Waals surface area contributed by atoms with E-state index in [4.69, 9.17) is 0 Å². The summed E-state index contributed by atoms with van der Waals surface area (Å²) in [4.78, 5) is 13.0. The van der Waals surface area contributed by atoms with Crippen molar-refractivity contribution in [3.63, 3.8) is 0 Å². The third-order valence-electron chi connectivity index (χ3n) is 3.63. The molecule has 3 rings (SSSR count). The van der Waals surface area contributed by atoms with Gasteiger partial charge in [-0.25, -0.2) is 0 Å². The number of carbonyl (C=O) groups is 1. The first-order valence-corrected chi connectivity index (χ1v) is 6.51. The Bertz CT molecular complexity index is 350. The monoisotopic (exact) mass is 221 g/mol. The molecule has 1 N–H and O–H groups in total. The van der Waals surface area contributed by atoms with Crippen LogP contribution in [0, 0.1) is 17.8 Å². The van der Waals surface area contributed by atoms with E-state index >= 15 is 0 Å². The van der Waals surface area contributed by atoms with Crippen LogP contribution >= 0.6 is 11.3 Å². The highest BCUT2D eigenvalue weighted by Crippen LogP contribution is 2.54. The van der Waals surface area contributed by atoms with Crippen LogP contribution in [0.15, 0.2) is 17.5 Å². The van der Waals surface area contributed by atoms with Crippen molar-refractivity contribution in [3.05, 3.63) is 22.4 Å². The van der Waals surface area contributed by atoms with Gasteiger partial charge in [-0.1, -0.05) is 6.07 Å². The molecule has 2 atom stereocenters. The van der Waals surface area contributed by atoms with Crippen molar-refractivity contribution >= 4 is 17.2 Å². The van der Waals surface area contributed by atoms with Crippen molar-refractivity contribution in [1.82, 2.24) is 5.32 Å². The van der Waals surface area contributed by atoms with Crippen LogP contribution in [0.25, 0.3) is 0 Å². The predicted molar refractivity (Wildman–Crippen MR) is 60.5 cm³/mol. The molecule has 1 amide bonds. The van der Waals surface area contributed by atoms with E-state index in [1.54, 1.807) is 11.3 Å². The number of amides is 1. The normalized spacial score (nSPS) is 32.4. The molecule has 2 fully saturated rings. The van der Waals surface area contributed by atoms with Gasteiger partial charge in [0.1, 0.15) is 0 Å². The summed E-state index contributed by atoms with van der Waals surface area (Å²) in [6.45, 7) is 0.711. The molecule has 1 aromatic heterocycles. The molecule has 80 valence electrons. The molecule has 2 saturated carbocycles.